The number of nitriles is 1. The van der Waals surface area contributed by atoms with E-state index in [1.54, 1.807) is 11.0 Å². The molecule has 0 saturated carbocycles. The number of rotatable bonds is 8. The number of nitrogens with zero attached hydrogens (tertiary/aromatic N) is 3. The highest BCUT2D eigenvalue weighted by Gasteiger charge is 2.19. The summed E-state index contributed by atoms with van der Waals surface area (Å²) in [5.74, 6) is -0.379. The van der Waals surface area contributed by atoms with Crippen LogP contribution >= 0.6 is 0 Å². The lowest BCUT2D eigenvalue weighted by Crippen LogP contribution is -2.33. The Kier molecular flexibility index (Phi) is 7.26. The van der Waals surface area contributed by atoms with Crippen LogP contribution in [-0.4, -0.2) is 53.6 Å². The van der Waals surface area contributed by atoms with Crippen molar-refractivity contribution >= 4 is 28.8 Å². The maximum absolute atomic E-state index is 12.6. The molecule has 1 saturated heterocycles. The van der Waals surface area contributed by atoms with E-state index in [9.17, 15) is 14.9 Å². The summed E-state index contributed by atoms with van der Waals surface area (Å²) in [5.41, 5.74) is 1.66. The summed E-state index contributed by atoms with van der Waals surface area (Å²) in [6.07, 6.45) is 5.34. The number of para-hydroxylation sites is 1. The second kappa shape index (κ2) is 10.1. The number of amides is 2. The molecule has 7 nitrogen and oxygen atoms in total. The second-order valence-electron chi connectivity index (χ2n) is 7.31. The van der Waals surface area contributed by atoms with Gasteiger partial charge in [0.15, 0.2) is 0 Å². The molecular formula is C23H28N4O3. The number of hydrogen-bond acceptors (Lipinski definition) is 4. The number of fused-ring (bicyclic) bond motifs is 1. The highest BCUT2D eigenvalue weighted by Crippen LogP contribution is 2.24. The van der Waals surface area contributed by atoms with Crippen LogP contribution in [0.4, 0.5) is 0 Å². The predicted molar refractivity (Wildman–Crippen MR) is 115 cm³/mol. The van der Waals surface area contributed by atoms with Gasteiger partial charge in [-0.25, -0.2) is 0 Å². The standard InChI is InChI=1S/C23H28N4O3/c1-3-26(4-2)22(28)16-27-15-18(20-9-5-6-10-21(20)27)12-17(13-24)23(29)25-14-19-8-7-11-30-19/h5-6,9-10,12,15,19H,3-4,7-8,11,14,16H2,1-2H3,(H,25,29)/b17-12+/t19-/m0/s1. The predicted octanol–water partition coefficient (Wildman–Crippen LogP) is 2.71. The van der Waals surface area contributed by atoms with Gasteiger partial charge in [-0.15, -0.1) is 0 Å². The molecule has 1 aliphatic rings. The van der Waals surface area contributed by atoms with E-state index in [1.165, 1.54) is 0 Å². The molecule has 0 unspecified atom stereocenters. The van der Waals surface area contributed by atoms with E-state index in [1.807, 2.05) is 54.9 Å². The molecule has 1 aromatic carbocycles. The van der Waals surface area contributed by atoms with Crippen LogP contribution in [0, 0.1) is 11.3 Å². The maximum atomic E-state index is 12.6. The second-order valence-corrected chi connectivity index (χ2v) is 7.31. The summed E-state index contributed by atoms with van der Waals surface area (Å²) < 4.78 is 7.39. The molecule has 30 heavy (non-hydrogen) atoms. The molecule has 2 amide bonds. The Hall–Kier alpha value is -3.11. The van der Waals surface area contributed by atoms with Gasteiger partial charge in [0.1, 0.15) is 18.2 Å². The number of carbonyl (C=O) groups is 2. The van der Waals surface area contributed by atoms with Crippen molar-refractivity contribution in [3.05, 3.63) is 41.6 Å². The lowest BCUT2D eigenvalue weighted by Gasteiger charge is -2.19. The molecule has 7 heteroatoms. The van der Waals surface area contributed by atoms with E-state index < -0.39 is 5.91 Å². The largest absolute Gasteiger partial charge is 0.376 e. The average molecular weight is 409 g/mol. The van der Waals surface area contributed by atoms with Crippen molar-refractivity contribution in [2.24, 2.45) is 0 Å². The minimum atomic E-state index is -0.413. The summed E-state index contributed by atoms with van der Waals surface area (Å²) in [7, 11) is 0. The molecule has 1 fully saturated rings. The number of hydrogen-bond donors (Lipinski definition) is 1. The summed E-state index contributed by atoms with van der Waals surface area (Å²) >= 11 is 0. The molecule has 1 N–H and O–H groups in total. The fourth-order valence-electron chi connectivity index (χ4n) is 3.75. The number of benzene rings is 1. The Morgan fingerprint density at radius 3 is 2.77 bits per heavy atom. The van der Waals surface area contributed by atoms with Gasteiger partial charge in [0.05, 0.1) is 6.10 Å². The van der Waals surface area contributed by atoms with Gasteiger partial charge in [-0.2, -0.15) is 5.26 Å². The smallest absolute Gasteiger partial charge is 0.262 e. The molecule has 2 heterocycles. The molecule has 158 valence electrons. The third-order valence-corrected chi connectivity index (χ3v) is 5.42. The molecule has 3 rings (SSSR count). The SMILES string of the molecule is CCN(CC)C(=O)Cn1cc(/C=C(\C#N)C(=O)NC[C@@H]2CCCO2)c2ccccc21. The minimum Gasteiger partial charge on any atom is -0.376 e. The Balaban J connectivity index is 1.84. The molecule has 0 spiro atoms. The third-order valence-electron chi connectivity index (χ3n) is 5.42. The van der Waals surface area contributed by atoms with E-state index in [0.29, 0.717) is 26.2 Å². The van der Waals surface area contributed by atoms with Gasteiger partial charge in [-0.05, 0) is 38.8 Å². The van der Waals surface area contributed by atoms with Crippen molar-refractivity contribution < 1.29 is 14.3 Å². The zero-order valence-electron chi connectivity index (χ0n) is 17.6. The Labute approximate surface area is 176 Å². The van der Waals surface area contributed by atoms with Crippen LogP contribution in [0.2, 0.25) is 0 Å². The monoisotopic (exact) mass is 408 g/mol. The lowest BCUT2D eigenvalue weighted by atomic mass is 10.1. The first-order chi connectivity index (χ1) is 14.6. The van der Waals surface area contributed by atoms with Gasteiger partial charge < -0.3 is 19.5 Å². The van der Waals surface area contributed by atoms with Crippen LogP contribution in [0.15, 0.2) is 36.0 Å². The molecular weight excluding hydrogens is 380 g/mol. The van der Waals surface area contributed by atoms with Crippen LogP contribution in [0.5, 0.6) is 0 Å². The normalized spacial score (nSPS) is 16.4. The van der Waals surface area contributed by atoms with Gasteiger partial charge >= 0.3 is 0 Å². The minimum absolute atomic E-state index is 0.0156. The Bertz CT molecular complexity index is 976. The van der Waals surface area contributed by atoms with Crippen LogP contribution in [-0.2, 0) is 20.9 Å². The summed E-state index contributed by atoms with van der Waals surface area (Å²) in [5, 5.41) is 13.2. The molecule has 1 atom stereocenters. The Morgan fingerprint density at radius 1 is 1.33 bits per heavy atom. The molecule has 0 radical (unpaired) electrons. The van der Waals surface area contributed by atoms with Crippen molar-refractivity contribution in [1.29, 1.82) is 5.26 Å². The summed E-state index contributed by atoms with van der Waals surface area (Å²) in [4.78, 5) is 26.9. The van der Waals surface area contributed by atoms with Gasteiger partial charge in [0.2, 0.25) is 5.91 Å². The van der Waals surface area contributed by atoms with Crippen molar-refractivity contribution in [1.82, 2.24) is 14.8 Å². The summed E-state index contributed by atoms with van der Waals surface area (Å²) in [6, 6.07) is 9.68. The average Bonchev–Trinajstić information content (AvgIpc) is 3.40. The van der Waals surface area contributed by atoms with Crippen molar-refractivity contribution in [3.8, 4) is 6.07 Å². The molecule has 2 aromatic rings. The Morgan fingerprint density at radius 2 is 2.10 bits per heavy atom. The number of nitrogens with one attached hydrogen (secondary N) is 1. The molecule has 1 aliphatic heterocycles. The van der Waals surface area contributed by atoms with E-state index in [0.717, 1.165) is 29.3 Å². The van der Waals surface area contributed by atoms with Crippen LogP contribution in [0.1, 0.15) is 32.3 Å². The molecule has 0 bridgehead atoms. The highest BCUT2D eigenvalue weighted by atomic mass is 16.5. The van der Waals surface area contributed by atoms with E-state index in [2.05, 4.69) is 5.32 Å². The molecule has 1 aromatic heterocycles. The fourth-order valence-corrected chi connectivity index (χ4v) is 3.75. The van der Waals surface area contributed by atoms with Crippen LogP contribution < -0.4 is 5.32 Å². The lowest BCUT2D eigenvalue weighted by molar-refractivity contribution is -0.131. The molecule has 0 aliphatic carbocycles. The van der Waals surface area contributed by atoms with Crippen molar-refractivity contribution in [2.75, 3.05) is 26.2 Å². The van der Waals surface area contributed by atoms with Crippen molar-refractivity contribution in [2.45, 2.75) is 39.3 Å². The highest BCUT2D eigenvalue weighted by molar-refractivity contribution is 6.04. The number of aromatic nitrogens is 1. The number of carbonyl (C=O) groups excluding carboxylic acids is 2. The van der Waals surface area contributed by atoms with Gasteiger partial charge in [-0.3, -0.25) is 9.59 Å². The van der Waals surface area contributed by atoms with Gasteiger partial charge in [0.25, 0.3) is 5.91 Å². The van der Waals surface area contributed by atoms with E-state index in [4.69, 9.17) is 4.74 Å². The zero-order chi connectivity index (χ0) is 21.5. The van der Waals surface area contributed by atoms with Gasteiger partial charge in [0, 0.05) is 48.9 Å². The first-order valence-corrected chi connectivity index (χ1v) is 10.4. The van der Waals surface area contributed by atoms with Gasteiger partial charge in [-0.1, -0.05) is 18.2 Å². The fraction of sp³-hybridized carbons (Fsp3) is 0.435. The first-order valence-electron chi connectivity index (χ1n) is 10.4. The zero-order valence-corrected chi connectivity index (χ0v) is 17.6. The van der Waals surface area contributed by atoms with E-state index in [-0.39, 0.29) is 24.1 Å². The maximum Gasteiger partial charge on any atom is 0.262 e. The first kappa shape index (κ1) is 21.6. The van der Waals surface area contributed by atoms with Crippen LogP contribution in [0.3, 0.4) is 0 Å². The summed E-state index contributed by atoms with van der Waals surface area (Å²) in [6.45, 7) is 6.55. The van der Waals surface area contributed by atoms with Crippen molar-refractivity contribution in [3.63, 3.8) is 0 Å². The third kappa shape index (κ3) is 4.89. The number of likely N-dealkylation sites (N-methyl/N-ethyl adjacent to an activating group) is 1. The van der Waals surface area contributed by atoms with Crippen LogP contribution in [0.25, 0.3) is 17.0 Å². The topological polar surface area (TPSA) is 87.4 Å². The van der Waals surface area contributed by atoms with E-state index >= 15 is 0 Å². The number of ether oxygens (including phenoxy) is 1. The quantitative estimate of drug-likeness (QED) is 0.537.